The summed E-state index contributed by atoms with van der Waals surface area (Å²) in [6.07, 6.45) is 1.58. The molecule has 0 fully saturated rings. The Kier molecular flexibility index (Phi) is 6.80. The molecule has 0 bridgehead atoms. The van der Waals surface area contributed by atoms with E-state index in [1.54, 1.807) is 45.4 Å². The zero-order chi connectivity index (χ0) is 19.1. The minimum atomic E-state index is -0.457. The number of benzene rings is 1. The van der Waals surface area contributed by atoms with Crippen molar-refractivity contribution in [2.75, 3.05) is 34.7 Å². The minimum absolute atomic E-state index is 0.0691. The Bertz CT molecular complexity index is 775. The van der Waals surface area contributed by atoms with Crippen LogP contribution in [0.4, 0.5) is 0 Å². The molecule has 0 saturated carbocycles. The van der Waals surface area contributed by atoms with E-state index < -0.39 is 5.97 Å². The monoisotopic (exact) mass is 361 g/mol. The molecule has 0 saturated heterocycles. The van der Waals surface area contributed by atoms with Crippen LogP contribution in [0.3, 0.4) is 0 Å². The van der Waals surface area contributed by atoms with Gasteiger partial charge in [-0.05, 0) is 32.0 Å². The number of carbonyl (C=O) groups excluding carboxylic acids is 1. The number of esters is 1. The maximum atomic E-state index is 12.5. The van der Waals surface area contributed by atoms with E-state index >= 15 is 0 Å². The average molecular weight is 361 g/mol. The molecule has 0 radical (unpaired) electrons. The molecule has 1 heterocycles. The van der Waals surface area contributed by atoms with Crippen LogP contribution in [-0.2, 0) is 9.47 Å². The second kappa shape index (κ2) is 9.05. The molecule has 26 heavy (non-hydrogen) atoms. The summed E-state index contributed by atoms with van der Waals surface area (Å²) in [5.74, 6) is 1.09. The van der Waals surface area contributed by atoms with Gasteiger partial charge in [0.2, 0.25) is 0 Å². The third-order valence-electron chi connectivity index (χ3n) is 3.76. The fourth-order valence-corrected chi connectivity index (χ4v) is 2.52. The summed E-state index contributed by atoms with van der Waals surface area (Å²) in [4.78, 5) is 16.9. The van der Waals surface area contributed by atoms with E-state index in [1.165, 1.54) is 14.2 Å². The van der Waals surface area contributed by atoms with Crippen LogP contribution >= 0.6 is 0 Å². The standard InChI is InChI=1S/C19H23NO6/c1-6-25-19(21)17-12(2)16(24-5)10-20-18(17)13-7-8-14(23-4)15(9-13)26-11-22-3/h7-10H,6,11H2,1-5H3. The van der Waals surface area contributed by atoms with Crippen LogP contribution in [-0.4, -0.2) is 45.7 Å². The zero-order valence-corrected chi connectivity index (χ0v) is 15.6. The van der Waals surface area contributed by atoms with Crippen molar-refractivity contribution in [3.05, 3.63) is 35.5 Å². The number of carbonyl (C=O) groups is 1. The number of aromatic nitrogens is 1. The molecule has 0 amide bonds. The Labute approximate surface area is 152 Å². The van der Waals surface area contributed by atoms with E-state index in [9.17, 15) is 4.79 Å². The lowest BCUT2D eigenvalue weighted by atomic mass is 10.0. The van der Waals surface area contributed by atoms with Crippen LogP contribution in [0.2, 0.25) is 0 Å². The number of pyridine rings is 1. The van der Waals surface area contributed by atoms with Gasteiger partial charge in [0.25, 0.3) is 0 Å². The molecule has 0 aliphatic heterocycles. The summed E-state index contributed by atoms with van der Waals surface area (Å²) in [7, 11) is 4.61. The largest absolute Gasteiger partial charge is 0.495 e. The highest BCUT2D eigenvalue weighted by molar-refractivity contribution is 5.98. The topological polar surface area (TPSA) is 76.1 Å². The molecule has 0 aliphatic rings. The van der Waals surface area contributed by atoms with Crippen LogP contribution < -0.4 is 14.2 Å². The number of methoxy groups -OCH3 is 3. The lowest BCUT2D eigenvalue weighted by Gasteiger charge is -2.16. The van der Waals surface area contributed by atoms with Gasteiger partial charge in [0.05, 0.1) is 38.3 Å². The van der Waals surface area contributed by atoms with Crippen molar-refractivity contribution in [1.29, 1.82) is 0 Å². The summed E-state index contributed by atoms with van der Waals surface area (Å²) in [6.45, 7) is 3.88. The van der Waals surface area contributed by atoms with Crippen LogP contribution in [0.15, 0.2) is 24.4 Å². The third-order valence-corrected chi connectivity index (χ3v) is 3.76. The Morgan fingerprint density at radius 1 is 1.08 bits per heavy atom. The molecule has 140 valence electrons. The Morgan fingerprint density at radius 3 is 2.42 bits per heavy atom. The predicted molar refractivity (Wildman–Crippen MR) is 96.0 cm³/mol. The second-order valence-corrected chi connectivity index (χ2v) is 5.31. The molecular formula is C19H23NO6. The quantitative estimate of drug-likeness (QED) is 0.528. The van der Waals surface area contributed by atoms with Crippen molar-refractivity contribution in [3.8, 4) is 28.5 Å². The van der Waals surface area contributed by atoms with E-state index in [0.29, 0.717) is 39.6 Å². The highest BCUT2D eigenvalue weighted by atomic mass is 16.7. The molecule has 1 aromatic carbocycles. The molecule has 7 nitrogen and oxygen atoms in total. The van der Waals surface area contributed by atoms with Crippen molar-refractivity contribution in [1.82, 2.24) is 4.98 Å². The normalized spacial score (nSPS) is 10.3. The fraction of sp³-hybridized carbons (Fsp3) is 0.368. The van der Waals surface area contributed by atoms with Crippen LogP contribution in [0.25, 0.3) is 11.3 Å². The van der Waals surface area contributed by atoms with Gasteiger partial charge >= 0.3 is 5.97 Å². The number of hydrogen-bond donors (Lipinski definition) is 0. The molecule has 7 heteroatoms. The van der Waals surface area contributed by atoms with Gasteiger partial charge in [-0.25, -0.2) is 4.79 Å². The van der Waals surface area contributed by atoms with Gasteiger partial charge in [0.15, 0.2) is 18.3 Å². The van der Waals surface area contributed by atoms with E-state index in [2.05, 4.69) is 4.98 Å². The summed E-state index contributed by atoms with van der Waals surface area (Å²) in [6, 6.07) is 5.29. The highest BCUT2D eigenvalue weighted by Gasteiger charge is 2.22. The smallest absolute Gasteiger partial charge is 0.340 e. The SMILES string of the molecule is CCOC(=O)c1c(-c2ccc(OC)c(OCOC)c2)ncc(OC)c1C. The van der Waals surface area contributed by atoms with Gasteiger partial charge in [-0.3, -0.25) is 4.98 Å². The molecule has 2 aromatic rings. The summed E-state index contributed by atoms with van der Waals surface area (Å²) >= 11 is 0. The maximum Gasteiger partial charge on any atom is 0.340 e. The van der Waals surface area contributed by atoms with E-state index in [-0.39, 0.29) is 13.4 Å². The number of nitrogens with zero attached hydrogens (tertiary/aromatic N) is 1. The summed E-state index contributed by atoms with van der Waals surface area (Å²) in [5.41, 5.74) is 2.18. The Balaban J connectivity index is 2.60. The maximum absolute atomic E-state index is 12.5. The van der Waals surface area contributed by atoms with Gasteiger partial charge in [-0.2, -0.15) is 0 Å². The van der Waals surface area contributed by atoms with Crippen molar-refractivity contribution >= 4 is 5.97 Å². The molecule has 0 N–H and O–H groups in total. The first-order chi connectivity index (χ1) is 12.6. The number of rotatable bonds is 8. The van der Waals surface area contributed by atoms with E-state index in [4.69, 9.17) is 23.7 Å². The summed E-state index contributed by atoms with van der Waals surface area (Å²) < 4.78 is 26.3. The molecule has 0 spiro atoms. The first-order valence-corrected chi connectivity index (χ1v) is 8.08. The number of hydrogen-bond acceptors (Lipinski definition) is 7. The van der Waals surface area contributed by atoms with E-state index in [1.807, 2.05) is 0 Å². The molecular weight excluding hydrogens is 338 g/mol. The van der Waals surface area contributed by atoms with Gasteiger partial charge in [0.1, 0.15) is 5.75 Å². The molecule has 1 aromatic heterocycles. The lowest BCUT2D eigenvalue weighted by molar-refractivity contribution is 0.0491. The first-order valence-electron chi connectivity index (χ1n) is 8.08. The predicted octanol–water partition coefficient (Wildman–Crippen LogP) is 3.23. The van der Waals surface area contributed by atoms with Crippen molar-refractivity contribution in [2.24, 2.45) is 0 Å². The van der Waals surface area contributed by atoms with Gasteiger partial charge in [-0.15, -0.1) is 0 Å². The Hall–Kier alpha value is -2.80. The zero-order valence-electron chi connectivity index (χ0n) is 15.6. The van der Waals surface area contributed by atoms with Crippen molar-refractivity contribution < 1.29 is 28.5 Å². The summed E-state index contributed by atoms with van der Waals surface area (Å²) in [5, 5.41) is 0. The lowest BCUT2D eigenvalue weighted by Crippen LogP contribution is -2.11. The van der Waals surface area contributed by atoms with Gasteiger partial charge in [0, 0.05) is 18.2 Å². The fourth-order valence-electron chi connectivity index (χ4n) is 2.52. The average Bonchev–Trinajstić information content (AvgIpc) is 2.65. The van der Waals surface area contributed by atoms with Crippen LogP contribution in [0.1, 0.15) is 22.8 Å². The second-order valence-electron chi connectivity index (χ2n) is 5.31. The van der Waals surface area contributed by atoms with E-state index in [0.717, 1.165) is 0 Å². The van der Waals surface area contributed by atoms with Crippen molar-refractivity contribution in [3.63, 3.8) is 0 Å². The minimum Gasteiger partial charge on any atom is -0.495 e. The molecule has 0 aliphatic carbocycles. The number of ether oxygens (including phenoxy) is 5. The van der Waals surface area contributed by atoms with Crippen molar-refractivity contribution in [2.45, 2.75) is 13.8 Å². The highest BCUT2D eigenvalue weighted by Crippen LogP contribution is 2.35. The molecule has 0 unspecified atom stereocenters. The molecule has 2 rings (SSSR count). The van der Waals surface area contributed by atoms with Crippen LogP contribution in [0.5, 0.6) is 17.2 Å². The van der Waals surface area contributed by atoms with Gasteiger partial charge in [-0.1, -0.05) is 0 Å². The third kappa shape index (κ3) is 4.05. The Morgan fingerprint density at radius 2 is 1.81 bits per heavy atom. The van der Waals surface area contributed by atoms with Crippen LogP contribution in [0, 0.1) is 6.92 Å². The van der Waals surface area contributed by atoms with Gasteiger partial charge < -0.3 is 23.7 Å². The molecule has 0 atom stereocenters. The first kappa shape index (κ1) is 19.5.